The van der Waals surface area contributed by atoms with Crippen LogP contribution in [0.1, 0.15) is 28.3 Å². The van der Waals surface area contributed by atoms with Crippen molar-refractivity contribution in [3.8, 4) is 11.5 Å². The first kappa shape index (κ1) is 33.0. The molecule has 6 N–H and O–H groups in total. The number of carboxylic acids is 1. The zero-order valence-electron chi connectivity index (χ0n) is 23.6. The molecule has 4 aromatic rings. The van der Waals surface area contributed by atoms with Crippen molar-refractivity contribution in [2.75, 3.05) is 12.4 Å². The summed E-state index contributed by atoms with van der Waals surface area (Å²) in [6.45, 7) is 0.800. The van der Waals surface area contributed by atoms with Gasteiger partial charge in [-0.25, -0.2) is 4.79 Å². The molecule has 9 nitrogen and oxygen atoms in total. The molecule has 0 bridgehead atoms. The minimum Gasteiger partial charge on any atom is -0.493 e. The molecular formula is C32H31F3N4O5. The molecule has 12 heteroatoms. The van der Waals surface area contributed by atoms with Crippen molar-refractivity contribution < 1.29 is 37.3 Å². The van der Waals surface area contributed by atoms with Gasteiger partial charge in [0.25, 0.3) is 0 Å². The molecule has 0 radical (unpaired) electrons. The molecule has 0 spiro atoms. The number of hydrogen-bond acceptors (Lipinski definition) is 6. The topological polar surface area (TPSA) is 147 Å². The van der Waals surface area contributed by atoms with Crippen LogP contribution in [0.25, 0.3) is 0 Å². The van der Waals surface area contributed by atoms with Crippen LogP contribution in [0, 0.1) is 5.41 Å². The Bertz CT molecular complexity index is 1530. The second kappa shape index (κ2) is 15.6. The zero-order valence-corrected chi connectivity index (χ0v) is 23.6. The van der Waals surface area contributed by atoms with Gasteiger partial charge in [0, 0.05) is 17.8 Å². The second-order valence-corrected chi connectivity index (χ2v) is 9.26. The van der Waals surface area contributed by atoms with Crippen molar-refractivity contribution in [3.63, 3.8) is 0 Å². The number of amidine groups is 1. The zero-order chi connectivity index (χ0) is 32.1. The summed E-state index contributed by atoms with van der Waals surface area (Å²) in [5, 5.41) is 21.1. The molecule has 0 heterocycles. The summed E-state index contributed by atoms with van der Waals surface area (Å²) in [4.78, 5) is 22.3. The number of methoxy groups -OCH3 is 1. The summed E-state index contributed by atoms with van der Waals surface area (Å²) >= 11 is 0. The van der Waals surface area contributed by atoms with Gasteiger partial charge in [-0.15, -0.1) is 0 Å². The second-order valence-electron chi connectivity index (χ2n) is 9.26. The average Bonchev–Trinajstić information content (AvgIpc) is 3.02. The van der Waals surface area contributed by atoms with Crippen molar-refractivity contribution in [1.29, 1.82) is 5.41 Å². The molecule has 0 aliphatic rings. The van der Waals surface area contributed by atoms with Crippen LogP contribution in [0.3, 0.4) is 0 Å². The molecular weight excluding hydrogens is 577 g/mol. The minimum absolute atomic E-state index is 0.0143. The largest absolute Gasteiger partial charge is 0.493 e. The van der Waals surface area contributed by atoms with Gasteiger partial charge in [0.15, 0.2) is 11.5 Å². The van der Waals surface area contributed by atoms with E-state index in [4.69, 9.17) is 30.5 Å². The van der Waals surface area contributed by atoms with E-state index in [0.717, 1.165) is 11.1 Å². The van der Waals surface area contributed by atoms with Crippen molar-refractivity contribution in [1.82, 2.24) is 5.32 Å². The number of carboxylic acid groups (broad SMARTS) is 1. The molecule has 0 aromatic heterocycles. The molecule has 4 rings (SSSR count). The van der Waals surface area contributed by atoms with Gasteiger partial charge < -0.3 is 30.9 Å². The SMILES string of the molecule is COc1cc([C@@H](Nc2ccc(C(=N)N)cc2)C(=O)NCc2ccccc2)ccc1OCc1ccccc1.O=C(O)C(F)(F)F. The molecule has 0 saturated carbocycles. The van der Waals surface area contributed by atoms with Gasteiger partial charge in [0.1, 0.15) is 18.5 Å². The summed E-state index contributed by atoms with van der Waals surface area (Å²) in [7, 11) is 1.58. The van der Waals surface area contributed by atoms with E-state index in [1.165, 1.54) is 0 Å². The predicted molar refractivity (Wildman–Crippen MR) is 160 cm³/mol. The Hall–Kier alpha value is -5.52. The van der Waals surface area contributed by atoms with Crippen LogP contribution in [-0.2, 0) is 22.7 Å². The van der Waals surface area contributed by atoms with Crippen LogP contribution in [0.2, 0.25) is 0 Å². The highest BCUT2D eigenvalue weighted by Gasteiger charge is 2.38. The van der Waals surface area contributed by atoms with E-state index in [0.29, 0.717) is 41.5 Å². The van der Waals surface area contributed by atoms with E-state index in [1.54, 1.807) is 31.4 Å². The number of rotatable bonds is 11. The van der Waals surface area contributed by atoms with Gasteiger partial charge in [0.2, 0.25) is 5.91 Å². The minimum atomic E-state index is -5.08. The normalized spacial score (nSPS) is 11.3. The standard InChI is InChI=1S/C30H30N4O3.C2HF3O2/c1-36-27-18-24(14-17-26(27)37-20-22-10-6-3-7-11-22)28(30(35)33-19-21-8-4-2-5-9-21)34-25-15-12-23(13-16-25)29(31)32;3-2(4,5)1(6)7/h2-18,28,34H,19-20H2,1H3,(H3,31,32)(H,33,35);(H,6,7)/t28-;/m1./s1. The Morgan fingerprint density at radius 3 is 1.98 bits per heavy atom. The number of halogens is 3. The highest BCUT2D eigenvalue weighted by Crippen LogP contribution is 2.32. The number of carbonyl (C=O) groups is 2. The molecule has 44 heavy (non-hydrogen) atoms. The summed E-state index contributed by atoms with van der Waals surface area (Å²) in [6, 6.07) is 31.5. The molecule has 1 atom stereocenters. The van der Waals surface area contributed by atoms with E-state index in [-0.39, 0.29) is 11.7 Å². The first-order chi connectivity index (χ1) is 21.0. The molecule has 1 amide bonds. The fourth-order valence-corrected chi connectivity index (χ4v) is 3.82. The number of amides is 1. The smallest absolute Gasteiger partial charge is 0.490 e. The lowest BCUT2D eigenvalue weighted by atomic mass is 10.0. The van der Waals surface area contributed by atoms with Crippen LogP contribution in [0.15, 0.2) is 103 Å². The molecule has 0 fully saturated rings. The third-order valence-corrected chi connectivity index (χ3v) is 6.08. The highest BCUT2D eigenvalue weighted by atomic mass is 19.4. The summed E-state index contributed by atoms with van der Waals surface area (Å²) in [5.74, 6) is -1.85. The maximum atomic E-state index is 13.4. The van der Waals surface area contributed by atoms with E-state index < -0.39 is 18.2 Å². The third-order valence-electron chi connectivity index (χ3n) is 6.08. The first-order valence-corrected chi connectivity index (χ1v) is 13.2. The predicted octanol–water partition coefficient (Wildman–Crippen LogP) is 5.66. The fraction of sp³-hybridized carbons (Fsp3) is 0.156. The van der Waals surface area contributed by atoms with Gasteiger partial charge in [0.05, 0.1) is 7.11 Å². The molecule has 230 valence electrons. The number of benzene rings is 4. The lowest BCUT2D eigenvalue weighted by Gasteiger charge is -2.22. The number of aliphatic carboxylic acids is 1. The maximum Gasteiger partial charge on any atom is 0.490 e. The summed E-state index contributed by atoms with van der Waals surface area (Å²) < 4.78 is 43.3. The number of nitrogens with one attached hydrogen (secondary N) is 3. The molecule has 0 unspecified atom stereocenters. The monoisotopic (exact) mass is 608 g/mol. The summed E-state index contributed by atoms with van der Waals surface area (Å²) in [5.41, 5.74) is 9.66. The highest BCUT2D eigenvalue weighted by molar-refractivity contribution is 5.95. The van der Waals surface area contributed by atoms with Gasteiger partial charge in [-0.3, -0.25) is 10.2 Å². The number of nitrogen functional groups attached to an aromatic ring is 1. The quantitative estimate of drug-likeness (QED) is 0.109. The first-order valence-electron chi connectivity index (χ1n) is 13.2. The third kappa shape index (κ3) is 10.1. The van der Waals surface area contributed by atoms with Gasteiger partial charge in [-0.1, -0.05) is 66.7 Å². The lowest BCUT2D eigenvalue weighted by molar-refractivity contribution is -0.192. The number of hydrogen-bond donors (Lipinski definition) is 5. The number of nitrogens with two attached hydrogens (primary N) is 1. The Balaban J connectivity index is 0.000000676. The number of ether oxygens (including phenoxy) is 2. The Labute approximate surface area is 251 Å². The van der Waals surface area contributed by atoms with Crippen LogP contribution in [-0.4, -0.2) is 36.1 Å². The van der Waals surface area contributed by atoms with E-state index in [2.05, 4.69) is 10.6 Å². The van der Waals surface area contributed by atoms with Crippen molar-refractivity contribution >= 4 is 23.4 Å². The molecule has 0 aliphatic carbocycles. The van der Waals surface area contributed by atoms with Gasteiger partial charge in [-0.2, -0.15) is 13.2 Å². The van der Waals surface area contributed by atoms with Crippen LogP contribution < -0.4 is 25.8 Å². The van der Waals surface area contributed by atoms with E-state index in [1.807, 2.05) is 78.9 Å². The molecule has 0 saturated heterocycles. The Kier molecular flexibility index (Phi) is 11.7. The number of anilines is 1. The van der Waals surface area contributed by atoms with Crippen LogP contribution in [0.5, 0.6) is 11.5 Å². The molecule has 0 aliphatic heterocycles. The fourth-order valence-electron chi connectivity index (χ4n) is 3.82. The Morgan fingerprint density at radius 1 is 0.886 bits per heavy atom. The van der Waals surface area contributed by atoms with E-state index in [9.17, 15) is 18.0 Å². The lowest BCUT2D eigenvalue weighted by Crippen LogP contribution is -2.33. The van der Waals surface area contributed by atoms with Crippen molar-refractivity contribution in [2.24, 2.45) is 5.73 Å². The average molecular weight is 609 g/mol. The summed E-state index contributed by atoms with van der Waals surface area (Å²) in [6.07, 6.45) is -5.08. The molecule has 4 aromatic carbocycles. The Morgan fingerprint density at radius 2 is 1.45 bits per heavy atom. The number of carbonyl (C=O) groups excluding carboxylic acids is 1. The van der Waals surface area contributed by atoms with Crippen molar-refractivity contribution in [2.45, 2.75) is 25.4 Å². The van der Waals surface area contributed by atoms with Gasteiger partial charge >= 0.3 is 12.1 Å². The van der Waals surface area contributed by atoms with Gasteiger partial charge in [-0.05, 0) is 53.1 Å². The van der Waals surface area contributed by atoms with Crippen LogP contribution >= 0.6 is 0 Å². The number of alkyl halides is 3. The maximum absolute atomic E-state index is 13.4. The van der Waals surface area contributed by atoms with Crippen molar-refractivity contribution in [3.05, 3.63) is 125 Å². The van der Waals surface area contributed by atoms with E-state index >= 15 is 0 Å². The van der Waals surface area contributed by atoms with Crippen LogP contribution in [0.4, 0.5) is 18.9 Å².